The highest BCUT2D eigenvalue weighted by Gasteiger charge is 2.32. The number of para-hydroxylation sites is 2. The molecule has 0 amide bonds. The number of nitrogens with zero attached hydrogens (tertiary/aromatic N) is 3. The highest BCUT2D eigenvalue weighted by Crippen LogP contribution is 2.35. The summed E-state index contributed by atoms with van der Waals surface area (Å²) in [6.07, 6.45) is 13.6. The largest absolute Gasteiger partial charge is 0.494 e. The molecule has 17 nitrogen and oxygen atoms in total. The third-order valence-electron chi connectivity index (χ3n) is 14.4. The molecular weight excluding hydrogens is 1090 g/mol. The van der Waals surface area contributed by atoms with Gasteiger partial charge in [0, 0.05) is 17.7 Å². The van der Waals surface area contributed by atoms with Gasteiger partial charge in [-0.2, -0.15) is 5.10 Å². The van der Waals surface area contributed by atoms with Crippen LogP contribution in [0.4, 0.5) is 10.8 Å². The summed E-state index contributed by atoms with van der Waals surface area (Å²) in [6, 6.07) is 35.8. The van der Waals surface area contributed by atoms with Crippen LogP contribution in [-0.4, -0.2) is 85.6 Å². The maximum atomic E-state index is 14.2. The van der Waals surface area contributed by atoms with Gasteiger partial charge in [0.1, 0.15) is 35.2 Å². The first kappa shape index (κ1) is 61.4. The lowest BCUT2D eigenvalue weighted by molar-refractivity contribution is -0.141. The average molecular weight is 1160 g/mol. The minimum absolute atomic E-state index is 0.201. The molecule has 0 spiro atoms. The van der Waals surface area contributed by atoms with Crippen LogP contribution in [0.5, 0.6) is 23.0 Å². The summed E-state index contributed by atoms with van der Waals surface area (Å²) in [5, 5.41) is 7.19. The van der Waals surface area contributed by atoms with Gasteiger partial charge in [-0.1, -0.05) is 54.8 Å². The molecular formula is C66H71N3O14S. The van der Waals surface area contributed by atoms with Gasteiger partial charge in [-0.25, -0.2) is 29.2 Å². The van der Waals surface area contributed by atoms with Crippen molar-refractivity contribution in [2.45, 2.75) is 115 Å². The topological polar surface area (TPSA) is 205 Å². The second kappa shape index (κ2) is 32.3. The molecule has 0 unspecified atom stereocenters. The molecule has 0 saturated heterocycles. The molecule has 2 saturated carbocycles. The van der Waals surface area contributed by atoms with E-state index in [1.54, 1.807) is 71.7 Å². The van der Waals surface area contributed by atoms with E-state index in [1.165, 1.54) is 17.6 Å². The van der Waals surface area contributed by atoms with Gasteiger partial charge in [-0.15, -0.1) is 0 Å². The second-order valence-electron chi connectivity index (χ2n) is 20.5. The molecule has 5 aromatic carbocycles. The molecule has 0 bridgehead atoms. The number of rotatable bonds is 30. The van der Waals surface area contributed by atoms with Crippen molar-refractivity contribution in [3.8, 4) is 23.0 Å². The maximum Gasteiger partial charge on any atom is 0.339 e. The molecule has 1 aromatic heterocycles. The number of unbranched alkanes of at least 4 members (excludes halogenated alkanes) is 6. The number of hydrazone groups is 1. The summed E-state index contributed by atoms with van der Waals surface area (Å²) >= 11 is 1.46. The fourth-order valence-corrected chi connectivity index (χ4v) is 10.6. The molecule has 2 aliphatic carbocycles. The van der Waals surface area contributed by atoms with Gasteiger partial charge in [0.05, 0.1) is 71.5 Å². The van der Waals surface area contributed by atoms with Crippen molar-refractivity contribution in [2.75, 3.05) is 31.4 Å². The predicted octanol–water partition coefficient (Wildman–Crippen LogP) is 13.4. The van der Waals surface area contributed by atoms with Gasteiger partial charge in [0.15, 0.2) is 0 Å². The van der Waals surface area contributed by atoms with Crippen LogP contribution in [0.25, 0.3) is 10.2 Å². The number of ether oxygens (including phenoxy) is 8. The van der Waals surface area contributed by atoms with E-state index in [0.29, 0.717) is 111 Å². The van der Waals surface area contributed by atoms with Gasteiger partial charge in [-0.05, 0) is 194 Å². The Morgan fingerprint density at radius 3 is 1.58 bits per heavy atom. The van der Waals surface area contributed by atoms with Gasteiger partial charge in [0.25, 0.3) is 0 Å². The van der Waals surface area contributed by atoms with E-state index in [1.807, 2.05) is 54.6 Å². The summed E-state index contributed by atoms with van der Waals surface area (Å²) in [5.41, 5.74) is 2.48. The Morgan fingerprint density at radius 1 is 0.536 bits per heavy atom. The maximum absolute atomic E-state index is 14.2. The van der Waals surface area contributed by atoms with Crippen LogP contribution in [0.2, 0.25) is 0 Å². The van der Waals surface area contributed by atoms with E-state index in [2.05, 4.69) is 13.2 Å². The van der Waals surface area contributed by atoms with Crippen LogP contribution in [0.1, 0.15) is 129 Å². The minimum Gasteiger partial charge on any atom is -0.494 e. The SMILES string of the molecule is C=CC(=O)OCCCCCCOc1ccc(OC(=O)[C@H]2CC[C@H](OC(=O)c3ccc(OC(=O)[C@H]4CC[C@H](OC(=O)c5ccc(OCCCCCCOC(=O)C=C)cc5)CC4)cc3/C=N/N(c3ccccc3)c3nc4ccccc4s3)CC2)cc1. The predicted molar refractivity (Wildman–Crippen MR) is 319 cm³/mol. The number of carbonyl (C=O) groups excluding carboxylic acids is 6. The lowest BCUT2D eigenvalue weighted by atomic mass is 9.87. The molecule has 0 aliphatic heterocycles. The number of hydrogen-bond acceptors (Lipinski definition) is 18. The number of anilines is 2. The zero-order valence-electron chi connectivity index (χ0n) is 47.1. The van der Waals surface area contributed by atoms with Crippen LogP contribution in [0.3, 0.4) is 0 Å². The molecule has 0 atom stereocenters. The summed E-state index contributed by atoms with van der Waals surface area (Å²) in [5.74, 6) is -1.57. The van der Waals surface area contributed by atoms with Crippen LogP contribution in [0.15, 0.2) is 152 Å². The van der Waals surface area contributed by atoms with Crippen molar-refractivity contribution < 1.29 is 66.7 Å². The molecule has 1 heterocycles. The molecule has 2 fully saturated rings. The third kappa shape index (κ3) is 19.0. The third-order valence-corrected chi connectivity index (χ3v) is 15.4. The Bertz CT molecular complexity index is 3150. The number of benzene rings is 5. The van der Waals surface area contributed by atoms with E-state index in [9.17, 15) is 28.8 Å². The molecule has 8 rings (SSSR count). The fourth-order valence-electron chi connectivity index (χ4n) is 9.68. The van der Waals surface area contributed by atoms with Crippen molar-refractivity contribution in [3.05, 3.63) is 163 Å². The number of hydrogen-bond donors (Lipinski definition) is 0. The summed E-state index contributed by atoms with van der Waals surface area (Å²) in [4.78, 5) is 81.6. The smallest absolute Gasteiger partial charge is 0.339 e. The minimum atomic E-state index is -0.594. The molecule has 440 valence electrons. The normalized spacial score (nSPS) is 16.6. The van der Waals surface area contributed by atoms with Crippen molar-refractivity contribution >= 4 is 74.4 Å². The fraction of sp³-hybridized carbons (Fsp3) is 0.364. The molecule has 6 aromatic rings. The number of fused-ring (bicyclic) bond motifs is 1. The molecule has 18 heteroatoms. The Balaban J connectivity index is 0.839. The second-order valence-corrected chi connectivity index (χ2v) is 21.5. The highest BCUT2D eigenvalue weighted by atomic mass is 32.1. The van der Waals surface area contributed by atoms with Crippen LogP contribution < -0.4 is 24.0 Å². The van der Waals surface area contributed by atoms with Crippen molar-refractivity contribution in [2.24, 2.45) is 16.9 Å². The van der Waals surface area contributed by atoms with Crippen LogP contribution in [0, 0.1) is 11.8 Å². The summed E-state index contributed by atoms with van der Waals surface area (Å²) in [7, 11) is 0. The lowest BCUT2D eigenvalue weighted by Gasteiger charge is -2.27. The molecule has 0 N–H and O–H groups in total. The van der Waals surface area contributed by atoms with Crippen molar-refractivity contribution in [3.63, 3.8) is 0 Å². The average Bonchev–Trinajstić information content (AvgIpc) is 3.63. The van der Waals surface area contributed by atoms with Gasteiger partial charge in [0.2, 0.25) is 5.13 Å². The van der Waals surface area contributed by atoms with E-state index in [-0.39, 0.29) is 29.3 Å². The van der Waals surface area contributed by atoms with E-state index >= 15 is 0 Å². The zero-order chi connectivity index (χ0) is 58.9. The van der Waals surface area contributed by atoms with Gasteiger partial charge < -0.3 is 37.9 Å². The number of aromatic nitrogens is 1. The lowest BCUT2D eigenvalue weighted by Crippen LogP contribution is -2.30. The monoisotopic (exact) mass is 1160 g/mol. The Labute approximate surface area is 493 Å². The van der Waals surface area contributed by atoms with E-state index < -0.39 is 41.9 Å². The van der Waals surface area contributed by atoms with E-state index in [4.69, 9.17) is 48.0 Å². The molecule has 84 heavy (non-hydrogen) atoms. The first-order valence-corrected chi connectivity index (χ1v) is 29.6. The highest BCUT2D eigenvalue weighted by molar-refractivity contribution is 7.22. The first-order valence-electron chi connectivity index (χ1n) is 28.8. The zero-order valence-corrected chi connectivity index (χ0v) is 47.9. The number of thiazole rings is 1. The molecule has 0 radical (unpaired) electrons. The number of carbonyl (C=O) groups is 6. The van der Waals surface area contributed by atoms with Crippen LogP contribution in [-0.2, 0) is 38.1 Å². The van der Waals surface area contributed by atoms with E-state index in [0.717, 1.165) is 79.4 Å². The van der Waals surface area contributed by atoms with Crippen LogP contribution >= 0.6 is 11.3 Å². The number of esters is 6. The summed E-state index contributed by atoms with van der Waals surface area (Å²) < 4.78 is 46.4. The summed E-state index contributed by atoms with van der Waals surface area (Å²) in [6.45, 7) is 8.56. The van der Waals surface area contributed by atoms with Crippen molar-refractivity contribution in [1.82, 2.24) is 4.98 Å². The quantitative estimate of drug-likeness (QED) is 0.00782. The van der Waals surface area contributed by atoms with Gasteiger partial charge >= 0.3 is 35.8 Å². The Hall–Kier alpha value is -8.64. The first-order chi connectivity index (χ1) is 41.0. The van der Waals surface area contributed by atoms with Crippen molar-refractivity contribution in [1.29, 1.82) is 0 Å². The van der Waals surface area contributed by atoms with Gasteiger partial charge in [-0.3, -0.25) is 9.59 Å². The standard InChI is InChI=1S/C66H71N3O14S/c1-3-60(70)78-42-16-7-5-14-40-76-51-28-22-46(23-29-51)62(72)80-53-30-24-48(25-31-53)64(74)83-56-38-39-57(49(44-56)45-67-69(50-18-10-9-11-19-50)66-68-58-20-12-13-21-59(58)84-66)65(75)82-54-32-26-47(27-33-54)63(73)81-55-36-34-52(35-37-55)77-41-15-6-8-17-43-79-61(71)4-2/h3-4,9-13,18-23,28-29,34-39,44-45,47-48,53-54H,1-2,5-8,14-17,24-27,30-33,40-43H2/b67-45+/t47-,48-,53-,54-. The molecule has 2 aliphatic rings. The Morgan fingerprint density at radius 2 is 1.02 bits per heavy atom. The Kier molecular flexibility index (Phi) is 23.6.